The van der Waals surface area contributed by atoms with E-state index in [1.807, 2.05) is 6.07 Å². The minimum Gasteiger partial charge on any atom is -0.345 e. The molecule has 0 saturated heterocycles. The number of rotatable bonds is 11. The van der Waals surface area contributed by atoms with Crippen molar-refractivity contribution < 1.29 is 4.79 Å². The number of hydrogen-bond donors (Lipinski definition) is 0. The lowest BCUT2D eigenvalue weighted by Crippen LogP contribution is -2.44. The third kappa shape index (κ3) is 5.98. The summed E-state index contributed by atoms with van der Waals surface area (Å²) in [5.41, 5.74) is 2.49. The Labute approximate surface area is 171 Å². The number of unbranched alkanes of at least 4 members (excludes halogenated alkanes) is 1. The van der Waals surface area contributed by atoms with E-state index in [1.54, 1.807) is 0 Å². The minimum absolute atomic E-state index is 0.138. The lowest BCUT2D eigenvalue weighted by molar-refractivity contribution is -0.139. The summed E-state index contributed by atoms with van der Waals surface area (Å²) in [5, 5.41) is 0. The van der Waals surface area contributed by atoms with E-state index in [9.17, 15) is 4.79 Å². The molecule has 0 fully saturated rings. The average molecular weight is 383 g/mol. The highest BCUT2D eigenvalue weighted by Gasteiger charge is 2.28. The van der Waals surface area contributed by atoms with Crippen molar-refractivity contribution in [3.8, 4) is 0 Å². The van der Waals surface area contributed by atoms with Gasteiger partial charge in [0.2, 0.25) is 5.91 Å². The third-order valence-electron chi connectivity index (χ3n) is 5.94. The maximum atomic E-state index is 13.4. The molecule has 3 nitrogen and oxygen atoms in total. The van der Waals surface area contributed by atoms with Gasteiger partial charge in [-0.25, -0.2) is 0 Å². The monoisotopic (exact) mass is 382 g/mol. The van der Waals surface area contributed by atoms with Crippen molar-refractivity contribution in [3.05, 3.63) is 59.9 Å². The molecule has 2 aromatic rings. The van der Waals surface area contributed by atoms with Gasteiger partial charge in [-0.3, -0.25) is 4.79 Å². The highest BCUT2D eigenvalue weighted by molar-refractivity contribution is 5.79. The summed E-state index contributed by atoms with van der Waals surface area (Å²) >= 11 is 0. The van der Waals surface area contributed by atoms with Crippen molar-refractivity contribution >= 4 is 5.91 Å². The van der Waals surface area contributed by atoms with Gasteiger partial charge in [-0.2, -0.15) is 0 Å². The van der Waals surface area contributed by atoms with Crippen LogP contribution in [0, 0.1) is 11.8 Å². The van der Waals surface area contributed by atoms with Gasteiger partial charge in [-0.05, 0) is 43.4 Å². The molecule has 2 atom stereocenters. The van der Waals surface area contributed by atoms with Crippen LogP contribution in [0.3, 0.4) is 0 Å². The summed E-state index contributed by atoms with van der Waals surface area (Å²) in [7, 11) is 0. The first-order valence-electron chi connectivity index (χ1n) is 11.0. The van der Waals surface area contributed by atoms with E-state index >= 15 is 0 Å². The SMILES string of the molecule is CCCC[C@@H](CC)C(=O)N(Cc1cccn1Cc1ccccc1)[C@H](C)C(C)C. The van der Waals surface area contributed by atoms with Crippen molar-refractivity contribution in [1.82, 2.24) is 9.47 Å². The maximum absolute atomic E-state index is 13.4. The quantitative estimate of drug-likeness (QED) is 0.459. The summed E-state index contributed by atoms with van der Waals surface area (Å²) in [4.78, 5) is 15.6. The normalized spacial score (nSPS) is 13.5. The zero-order valence-electron chi connectivity index (χ0n) is 18.4. The zero-order valence-corrected chi connectivity index (χ0v) is 18.4. The molecule has 28 heavy (non-hydrogen) atoms. The third-order valence-corrected chi connectivity index (χ3v) is 5.94. The molecular formula is C25H38N2O. The van der Waals surface area contributed by atoms with E-state index in [2.05, 4.69) is 86.7 Å². The molecule has 0 unspecified atom stereocenters. The summed E-state index contributed by atoms with van der Waals surface area (Å²) in [6, 6.07) is 15.0. The first-order chi connectivity index (χ1) is 13.5. The molecule has 0 bridgehead atoms. The lowest BCUT2D eigenvalue weighted by atomic mass is 9.95. The number of carbonyl (C=O) groups is 1. The van der Waals surface area contributed by atoms with Crippen LogP contribution in [0.2, 0.25) is 0 Å². The highest BCUT2D eigenvalue weighted by atomic mass is 16.2. The number of aromatic nitrogens is 1. The van der Waals surface area contributed by atoms with Gasteiger partial charge in [-0.15, -0.1) is 0 Å². The zero-order chi connectivity index (χ0) is 20.5. The smallest absolute Gasteiger partial charge is 0.226 e. The summed E-state index contributed by atoms with van der Waals surface area (Å²) in [5.74, 6) is 0.897. The molecule has 0 saturated carbocycles. The van der Waals surface area contributed by atoms with Crippen molar-refractivity contribution in [2.45, 2.75) is 79.4 Å². The predicted octanol–water partition coefficient (Wildman–Crippen LogP) is 6.13. The maximum Gasteiger partial charge on any atom is 0.226 e. The van der Waals surface area contributed by atoms with Crippen LogP contribution in [0.4, 0.5) is 0 Å². The molecule has 0 aliphatic carbocycles. The Hall–Kier alpha value is -2.03. The number of hydrogen-bond acceptors (Lipinski definition) is 1. The number of carbonyl (C=O) groups excluding carboxylic acids is 1. The van der Waals surface area contributed by atoms with Crippen LogP contribution in [0.15, 0.2) is 48.7 Å². The van der Waals surface area contributed by atoms with Gasteiger partial charge in [0.15, 0.2) is 0 Å². The van der Waals surface area contributed by atoms with Crippen molar-refractivity contribution in [3.63, 3.8) is 0 Å². The van der Waals surface area contributed by atoms with Gasteiger partial charge >= 0.3 is 0 Å². The van der Waals surface area contributed by atoms with E-state index in [-0.39, 0.29) is 12.0 Å². The highest BCUT2D eigenvalue weighted by Crippen LogP contribution is 2.23. The predicted molar refractivity (Wildman–Crippen MR) is 118 cm³/mol. The van der Waals surface area contributed by atoms with Crippen LogP contribution in [0.5, 0.6) is 0 Å². The Morgan fingerprint density at radius 2 is 1.75 bits per heavy atom. The molecule has 1 aromatic carbocycles. The Balaban J connectivity index is 2.21. The van der Waals surface area contributed by atoms with Crippen molar-refractivity contribution in [2.24, 2.45) is 11.8 Å². The number of amides is 1. The van der Waals surface area contributed by atoms with Crippen molar-refractivity contribution in [2.75, 3.05) is 0 Å². The fourth-order valence-electron chi connectivity index (χ4n) is 3.67. The van der Waals surface area contributed by atoms with Crippen LogP contribution >= 0.6 is 0 Å². The van der Waals surface area contributed by atoms with Crippen molar-refractivity contribution in [1.29, 1.82) is 0 Å². The van der Waals surface area contributed by atoms with Crippen LogP contribution in [0.25, 0.3) is 0 Å². The second-order valence-electron chi connectivity index (χ2n) is 8.31. The van der Waals surface area contributed by atoms with Gasteiger partial charge in [0, 0.05) is 30.4 Å². The van der Waals surface area contributed by atoms with Crippen LogP contribution in [-0.2, 0) is 17.9 Å². The second kappa shape index (κ2) is 11.1. The molecule has 3 heteroatoms. The first-order valence-corrected chi connectivity index (χ1v) is 11.0. The number of benzene rings is 1. The molecule has 1 amide bonds. The Kier molecular flexibility index (Phi) is 8.82. The molecule has 0 aliphatic rings. The largest absolute Gasteiger partial charge is 0.345 e. The Morgan fingerprint density at radius 3 is 2.36 bits per heavy atom. The fraction of sp³-hybridized carbons (Fsp3) is 0.560. The first kappa shape index (κ1) is 22.3. The Morgan fingerprint density at radius 1 is 1.04 bits per heavy atom. The van der Waals surface area contributed by atoms with E-state index in [0.29, 0.717) is 18.4 Å². The Bertz CT molecular complexity index is 704. The molecule has 154 valence electrons. The van der Waals surface area contributed by atoms with Gasteiger partial charge in [0.25, 0.3) is 0 Å². The molecule has 0 aliphatic heterocycles. The molecule has 0 spiro atoms. The van der Waals surface area contributed by atoms with E-state index < -0.39 is 0 Å². The number of nitrogens with zero attached hydrogens (tertiary/aromatic N) is 2. The van der Waals surface area contributed by atoms with Gasteiger partial charge in [0.05, 0.1) is 6.54 Å². The van der Waals surface area contributed by atoms with E-state index in [1.165, 1.54) is 11.3 Å². The molecule has 1 heterocycles. The summed E-state index contributed by atoms with van der Waals surface area (Å²) in [6.45, 7) is 12.5. The van der Waals surface area contributed by atoms with Crippen LogP contribution in [0.1, 0.15) is 71.6 Å². The minimum atomic E-state index is 0.138. The second-order valence-corrected chi connectivity index (χ2v) is 8.31. The average Bonchev–Trinajstić information content (AvgIpc) is 3.13. The van der Waals surface area contributed by atoms with Gasteiger partial charge in [-0.1, -0.05) is 70.9 Å². The summed E-state index contributed by atoms with van der Waals surface area (Å²) in [6.07, 6.45) is 6.31. The molecular weight excluding hydrogens is 344 g/mol. The summed E-state index contributed by atoms with van der Waals surface area (Å²) < 4.78 is 2.27. The lowest BCUT2D eigenvalue weighted by Gasteiger charge is -2.35. The molecule has 2 rings (SSSR count). The van der Waals surface area contributed by atoms with E-state index in [0.717, 1.165) is 32.2 Å². The topological polar surface area (TPSA) is 25.2 Å². The molecule has 1 aromatic heterocycles. The van der Waals surface area contributed by atoms with Gasteiger partial charge in [0.1, 0.15) is 0 Å². The standard InChI is InChI=1S/C25H38N2O/c1-6-8-15-23(7-2)25(28)27(21(5)20(3)4)19-24-16-12-17-26(24)18-22-13-10-9-11-14-22/h9-14,16-17,20-21,23H,6-8,15,18-19H2,1-5H3/t21-,23-/m1/s1. The molecule has 0 radical (unpaired) electrons. The fourth-order valence-corrected chi connectivity index (χ4v) is 3.67. The molecule has 0 N–H and O–H groups in total. The van der Waals surface area contributed by atoms with Crippen LogP contribution < -0.4 is 0 Å². The van der Waals surface area contributed by atoms with Crippen LogP contribution in [-0.4, -0.2) is 21.4 Å². The van der Waals surface area contributed by atoms with E-state index in [4.69, 9.17) is 0 Å². The van der Waals surface area contributed by atoms with Gasteiger partial charge < -0.3 is 9.47 Å².